The fraction of sp³-hybridized carbons (Fsp3) is 0.714. The third kappa shape index (κ3) is 8.52. The Morgan fingerprint density at radius 1 is 0.500 bits per heavy atom. The molecule has 12 heteroatoms. The molecule has 0 atom stereocenters. The molecule has 0 N–H and O–H groups in total. The molecule has 0 nitrogen and oxygen atoms in total. The first-order valence-corrected chi connectivity index (χ1v) is 17.2. The summed E-state index contributed by atoms with van der Waals surface area (Å²) >= 11 is 39.1. The lowest BCUT2D eigenvalue weighted by Crippen LogP contribution is -2.07. The molecule has 0 spiro atoms. The molecular weight excluding hydrogens is 567 g/mol. The van der Waals surface area contributed by atoms with Crippen LogP contribution in [0.2, 0.25) is 0 Å². The summed E-state index contributed by atoms with van der Waals surface area (Å²) in [5.74, 6) is 6.57. The molecule has 0 unspecified atom stereocenters. The van der Waals surface area contributed by atoms with Gasteiger partial charge in [0.05, 0.1) is 26.1 Å². The third-order valence-electron chi connectivity index (χ3n) is 2.69. The molecule has 2 aliphatic rings. The molecule has 0 radical (unpaired) electrons. The molecule has 26 heavy (non-hydrogen) atoms. The monoisotopic (exact) mass is 582 g/mol. The summed E-state index contributed by atoms with van der Waals surface area (Å²) in [6.07, 6.45) is 0. The third-order valence-corrected chi connectivity index (χ3v) is 17.0. The second-order valence-corrected chi connectivity index (χ2v) is 16.7. The largest absolute Gasteiger partial charge is 0.126 e. The zero-order valence-electron chi connectivity index (χ0n) is 13.6. The number of thioether (sulfide) groups is 8. The maximum Gasteiger partial charge on any atom is 0.0825 e. The van der Waals surface area contributed by atoms with Gasteiger partial charge in [-0.05, 0) is 0 Å². The van der Waals surface area contributed by atoms with Crippen molar-refractivity contribution < 1.29 is 0 Å². The second-order valence-electron chi connectivity index (χ2n) is 4.51. The zero-order valence-corrected chi connectivity index (χ0v) is 23.1. The Bertz CT molecular complexity index is 417. The van der Waals surface area contributed by atoms with Crippen molar-refractivity contribution in [1.29, 1.82) is 0 Å². The predicted octanol–water partition coefficient (Wildman–Crippen LogP) is 8.74. The van der Waals surface area contributed by atoms with Gasteiger partial charge in [-0.2, -0.15) is 0 Å². The van der Waals surface area contributed by atoms with Crippen molar-refractivity contribution >= 4 is 140 Å². The molecule has 0 aromatic heterocycles. The molecule has 0 bridgehead atoms. The normalized spacial score (nSPS) is 19.4. The fourth-order valence-electron chi connectivity index (χ4n) is 1.78. The van der Waals surface area contributed by atoms with Crippen LogP contribution >= 0.6 is 140 Å². The molecule has 0 saturated carbocycles. The van der Waals surface area contributed by atoms with Gasteiger partial charge in [0, 0.05) is 46.5 Å². The van der Waals surface area contributed by atoms with E-state index in [-0.39, 0.29) is 0 Å². The van der Waals surface area contributed by atoms with E-state index in [9.17, 15) is 0 Å². The molecule has 0 saturated heterocycles. The summed E-state index contributed by atoms with van der Waals surface area (Å²) in [6, 6.07) is 0. The van der Waals surface area contributed by atoms with Crippen LogP contribution in [0.4, 0.5) is 0 Å². The molecule has 0 fully saturated rings. The van der Waals surface area contributed by atoms with Gasteiger partial charge in [0.25, 0.3) is 0 Å². The number of rotatable bonds is 13. The van der Waals surface area contributed by atoms with E-state index in [1.165, 1.54) is 16.9 Å². The molecule has 150 valence electrons. The van der Waals surface area contributed by atoms with E-state index >= 15 is 0 Å². The standard InChI is InChI=1S/C14H18Cl4S8/c15-1-5-19-9-10(20-6-2-16)24-13(23-9)14-25-11(21-7-3-17)12(26-14)22-8-4-18/h13-14H,1-8H2. The minimum atomic E-state index is 0.515. The van der Waals surface area contributed by atoms with Crippen LogP contribution in [0, 0.1) is 0 Å². The molecular formula is C14H18Cl4S8. The van der Waals surface area contributed by atoms with Gasteiger partial charge in [0.15, 0.2) is 0 Å². The van der Waals surface area contributed by atoms with E-state index in [2.05, 4.69) is 0 Å². The lowest BCUT2D eigenvalue weighted by molar-refractivity contribution is 1.39. The molecule has 0 aromatic carbocycles. The Morgan fingerprint density at radius 3 is 0.923 bits per heavy atom. The highest BCUT2D eigenvalue weighted by Gasteiger charge is 2.38. The van der Waals surface area contributed by atoms with Gasteiger partial charge >= 0.3 is 0 Å². The van der Waals surface area contributed by atoms with Crippen molar-refractivity contribution in [2.45, 2.75) is 9.16 Å². The van der Waals surface area contributed by atoms with Gasteiger partial charge in [0.2, 0.25) is 0 Å². The Hall–Kier alpha value is 3.44. The van der Waals surface area contributed by atoms with Crippen molar-refractivity contribution in [3.63, 3.8) is 0 Å². The van der Waals surface area contributed by atoms with Crippen LogP contribution in [0.15, 0.2) is 16.9 Å². The highest BCUT2D eigenvalue weighted by atomic mass is 35.5. The van der Waals surface area contributed by atoms with E-state index in [0.29, 0.717) is 32.7 Å². The van der Waals surface area contributed by atoms with Crippen LogP contribution in [0.3, 0.4) is 0 Å². The van der Waals surface area contributed by atoms with Crippen molar-refractivity contribution in [1.82, 2.24) is 0 Å². The first-order chi connectivity index (χ1) is 12.7. The smallest absolute Gasteiger partial charge is 0.0825 e. The van der Waals surface area contributed by atoms with Gasteiger partial charge in [-0.25, -0.2) is 0 Å². The second kappa shape index (κ2) is 15.3. The quantitative estimate of drug-likeness (QED) is 0.195. The SMILES string of the molecule is ClCCSC1=C(SCCCl)SC(C2SC(SCCCl)=C(SCCCl)S2)S1. The first-order valence-electron chi connectivity index (χ1n) is 7.63. The first kappa shape index (κ1) is 25.7. The lowest BCUT2D eigenvalue weighted by atomic mass is 10.9. The summed E-state index contributed by atoms with van der Waals surface area (Å²) in [5, 5.41) is 0. The van der Waals surface area contributed by atoms with Gasteiger partial charge in [-0.1, -0.05) is 0 Å². The van der Waals surface area contributed by atoms with Crippen LogP contribution in [0.5, 0.6) is 0 Å². The molecule has 0 amide bonds. The molecule has 2 rings (SSSR count). The Morgan fingerprint density at radius 2 is 0.731 bits per heavy atom. The summed E-state index contributed by atoms with van der Waals surface area (Å²) in [7, 11) is 0. The van der Waals surface area contributed by atoms with E-state index in [1.54, 1.807) is 0 Å². The van der Waals surface area contributed by atoms with Gasteiger partial charge in [-0.15, -0.1) is 140 Å². The van der Waals surface area contributed by atoms with E-state index in [0.717, 1.165) is 23.0 Å². The summed E-state index contributed by atoms with van der Waals surface area (Å²) in [4.78, 5) is 0. The average Bonchev–Trinajstić information content (AvgIpc) is 3.25. The van der Waals surface area contributed by atoms with E-state index in [1.807, 2.05) is 94.1 Å². The predicted molar refractivity (Wildman–Crippen MR) is 145 cm³/mol. The highest BCUT2D eigenvalue weighted by molar-refractivity contribution is 8.42. The van der Waals surface area contributed by atoms with Crippen molar-refractivity contribution in [2.24, 2.45) is 0 Å². The van der Waals surface area contributed by atoms with Gasteiger partial charge in [0.1, 0.15) is 0 Å². The summed E-state index contributed by atoms with van der Waals surface area (Å²) < 4.78 is 6.73. The number of hydrogen-bond donors (Lipinski definition) is 0. The maximum absolute atomic E-state index is 5.90. The van der Waals surface area contributed by atoms with Crippen LogP contribution in [-0.4, -0.2) is 55.7 Å². The average molecular weight is 585 g/mol. The van der Waals surface area contributed by atoms with Crippen LogP contribution in [-0.2, 0) is 0 Å². The summed E-state index contributed by atoms with van der Waals surface area (Å²) in [6.45, 7) is 0. The highest BCUT2D eigenvalue weighted by Crippen LogP contribution is 2.64. The molecule has 2 aliphatic heterocycles. The van der Waals surface area contributed by atoms with Gasteiger partial charge < -0.3 is 0 Å². The van der Waals surface area contributed by atoms with Gasteiger partial charge in [-0.3, -0.25) is 0 Å². The van der Waals surface area contributed by atoms with Crippen molar-refractivity contribution in [2.75, 3.05) is 46.5 Å². The van der Waals surface area contributed by atoms with E-state index in [4.69, 9.17) is 46.4 Å². The Kier molecular flexibility index (Phi) is 15.1. The minimum absolute atomic E-state index is 0.515. The zero-order chi connectivity index (χ0) is 18.8. The van der Waals surface area contributed by atoms with Crippen molar-refractivity contribution in [3.8, 4) is 0 Å². The molecule has 2 heterocycles. The lowest BCUT2D eigenvalue weighted by Gasteiger charge is -2.16. The van der Waals surface area contributed by atoms with E-state index < -0.39 is 0 Å². The number of alkyl halides is 4. The number of halogens is 4. The van der Waals surface area contributed by atoms with Crippen LogP contribution < -0.4 is 0 Å². The Balaban J connectivity index is 1.96. The minimum Gasteiger partial charge on any atom is -0.126 e. The number of hydrogen-bond acceptors (Lipinski definition) is 8. The van der Waals surface area contributed by atoms with Crippen LogP contribution in [0.25, 0.3) is 0 Å². The fourth-order valence-corrected chi connectivity index (χ4v) is 15.4. The van der Waals surface area contributed by atoms with Crippen molar-refractivity contribution in [3.05, 3.63) is 16.9 Å². The topological polar surface area (TPSA) is 0 Å². The Labute approximate surface area is 210 Å². The van der Waals surface area contributed by atoms with Crippen LogP contribution in [0.1, 0.15) is 0 Å². The molecule has 0 aromatic rings. The summed E-state index contributed by atoms with van der Waals surface area (Å²) in [5.41, 5.74) is 0. The maximum atomic E-state index is 5.90. The molecule has 0 aliphatic carbocycles.